The molecule has 0 spiro atoms. The number of rotatable bonds is 9. The highest BCUT2D eigenvalue weighted by molar-refractivity contribution is 7.89. The molecule has 1 aliphatic rings. The van der Waals surface area contributed by atoms with Gasteiger partial charge < -0.3 is 15.0 Å². The Balaban J connectivity index is 1.18. The Bertz CT molecular complexity index is 1670. The summed E-state index contributed by atoms with van der Waals surface area (Å²) in [5, 5.41) is 2.73. The molecule has 216 valence electrons. The Hall–Kier alpha value is -4.47. The fraction of sp³-hybridized carbons (Fsp3) is 0.212. The van der Waals surface area contributed by atoms with Crippen LogP contribution in [0.5, 0.6) is 0 Å². The number of fused-ring (bicyclic) bond motifs is 1. The molecular weight excluding hydrogens is 550 g/mol. The molecule has 0 aliphatic carbocycles. The van der Waals surface area contributed by atoms with Gasteiger partial charge in [0.1, 0.15) is 0 Å². The van der Waals surface area contributed by atoms with Crippen molar-refractivity contribution in [1.82, 2.24) is 4.31 Å². The van der Waals surface area contributed by atoms with Crippen molar-refractivity contribution in [2.45, 2.75) is 37.8 Å². The lowest BCUT2D eigenvalue weighted by Crippen LogP contribution is -2.36. The van der Waals surface area contributed by atoms with Crippen LogP contribution in [0.15, 0.2) is 108 Å². The predicted octanol–water partition coefficient (Wildman–Crippen LogP) is 5.78. The number of ether oxygens (including phenoxy) is 1. The third kappa shape index (κ3) is 6.53. The van der Waals surface area contributed by atoms with Crippen molar-refractivity contribution >= 4 is 39.0 Å². The Morgan fingerprint density at radius 1 is 0.857 bits per heavy atom. The van der Waals surface area contributed by atoms with Gasteiger partial charge in [-0.15, -0.1) is 0 Å². The summed E-state index contributed by atoms with van der Waals surface area (Å²) in [6, 6.07) is 31.2. The van der Waals surface area contributed by atoms with Crippen molar-refractivity contribution in [2.24, 2.45) is 0 Å². The summed E-state index contributed by atoms with van der Waals surface area (Å²) >= 11 is 0. The first-order valence-corrected chi connectivity index (χ1v) is 15.2. The average molecular weight is 584 g/mol. The normalized spacial score (nSPS) is 13.3. The summed E-state index contributed by atoms with van der Waals surface area (Å²) < 4.78 is 33.3. The molecule has 0 radical (unpaired) electrons. The minimum atomic E-state index is -3.82. The molecule has 5 rings (SSSR count). The number of benzene rings is 4. The molecule has 1 amide bonds. The molecular formula is C33H33N3O5S. The zero-order valence-corrected chi connectivity index (χ0v) is 24.4. The molecule has 4 aromatic carbocycles. The van der Waals surface area contributed by atoms with Crippen LogP contribution in [0.3, 0.4) is 0 Å². The number of nitrogens with zero attached hydrogens (tertiary/aromatic N) is 2. The van der Waals surface area contributed by atoms with Gasteiger partial charge in [0.15, 0.2) is 6.61 Å². The monoisotopic (exact) mass is 583 g/mol. The van der Waals surface area contributed by atoms with Gasteiger partial charge in [0, 0.05) is 36.2 Å². The van der Waals surface area contributed by atoms with Crippen molar-refractivity contribution in [3.8, 4) is 0 Å². The molecule has 0 atom stereocenters. The maximum absolute atomic E-state index is 13.3. The number of para-hydroxylation sites is 1. The minimum absolute atomic E-state index is 0.00631. The highest BCUT2D eigenvalue weighted by Crippen LogP contribution is 2.29. The molecule has 0 fully saturated rings. The van der Waals surface area contributed by atoms with E-state index in [1.807, 2.05) is 66.7 Å². The van der Waals surface area contributed by atoms with E-state index in [-0.39, 0.29) is 23.0 Å². The van der Waals surface area contributed by atoms with E-state index in [9.17, 15) is 18.0 Å². The topological polar surface area (TPSA) is 96.0 Å². The maximum Gasteiger partial charge on any atom is 0.338 e. The predicted molar refractivity (Wildman–Crippen MR) is 163 cm³/mol. The zero-order chi connectivity index (χ0) is 29.7. The second-order valence-electron chi connectivity index (χ2n) is 10.4. The number of esters is 1. The van der Waals surface area contributed by atoms with Gasteiger partial charge in [-0.1, -0.05) is 48.5 Å². The van der Waals surface area contributed by atoms with E-state index in [0.29, 0.717) is 18.7 Å². The molecule has 0 saturated carbocycles. The van der Waals surface area contributed by atoms with Gasteiger partial charge in [0.05, 0.1) is 10.5 Å². The van der Waals surface area contributed by atoms with Gasteiger partial charge in [0.2, 0.25) is 10.0 Å². The fourth-order valence-electron chi connectivity index (χ4n) is 5.06. The number of hydrogen-bond donors (Lipinski definition) is 1. The van der Waals surface area contributed by atoms with Crippen molar-refractivity contribution in [1.29, 1.82) is 0 Å². The first-order chi connectivity index (χ1) is 20.2. The molecule has 0 unspecified atom stereocenters. The van der Waals surface area contributed by atoms with E-state index in [1.54, 1.807) is 12.1 Å². The Morgan fingerprint density at radius 3 is 2.24 bits per heavy atom. The van der Waals surface area contributed by atoms with E-state index in [4.69, 9.17) is 4.74 Å². The van der Waals surface area contributed by atoms with E-state index < -0.39 is 28.5 Å². The van der Waals surface area contributed by atoms with E-state index in [0.717, 1.165) is 22.5 Å². The fourth-order valence-corrected chi connectivity index (χ4v) is 6.52. The number of carbonyl (C=O) groups is 2. The number of nitrogens with one attached hydrogen (secondary N) is 1. The van der Waals surface area contributed by atoms with Crippen LogP contribution in [-0.2, 0) is 32.5 Å². The van der Waals surface area contributed by atoms with E-state index >= 15 is 0 Å². The number of carbonyl (C=O) groups excluding carboxylic acids is 2. The largest absolute Gasteiger partial charge is 0.452 e. The SMILES string of the molecule is CC(C)N(c1ccccc1)c1ccc(NC(=O)COC(=O)c2cccc(S(=O)(=O)N3CCc4ccccc4C3)c2)cc1. The van der Waals surface area contributed by atoms with Crippen LogP contribution in [0.2, 0.25) is 0 Å². The second kappa shape index (κ2) is 12.6. The molecule has 1 N–H and O–H groups in total. The van der Waals surface area contributed by atoms with Crippen molar-refractivity contribution < 1.29 is 22.7 Å². The van der Waals surface area contributed by atoms with Gasteiger partial charge in [0.25, 0.3) is 5.91 Å². The second-order valence-corrected chi connectivity index (χ2v) is 12.3. The molecule has 0 aromatic heterocycles. The highest BCUT2D eigenvalue weighted by atomic mass is 32.2. The molecule has 42 heavy (non-hydrogen) atoms. The number of amides is 1. The Kier molecular flexibility index (Phi) is 8.70. The minimum Gasteiger partial charge on any atom is -0.452 e. The van der Waals surface area contributed by atoms with Gasteiger partial charge in [-0.2, -0.15) is 4.31 Å². The lowest BCUT2D eigenvalue weighted by atomic mass is 10.0. The van der Waals surface area contributed by atoms with Crippen LogP contribution in [0, 0.1) is 0 Å². The lowest BCUT2D eigenvalue weighted by molar-refractivity contribution is -0.119. The summed E-state index contributed by atoms with van der Waals surface area (Å²) in [6.45, 7) is 4.33. The summed E-state index contributed by atoms with van der Waals surface area (Å²) in [5.74, 6) is -1.28. The molecule has 1 heterocycles. The van der Waals surface area contributed by atoms with E-state index in [2.05, 4.69) is 24.1 Å². The van der Waals surface area contributed by atoms with Crippen molar-refractivity contribution in [2.75, 3.05) is 23.4 Å². The van der Waals surface area contributed by atoms with Crippen molar-refractivity contribution in [3.05, 3.63) is 120 Å². The third-order valence-electron chi connectivity index (χ3n) is 7.12. The first-order valence-electron chi connectivity index (χ1n) is 13.8. The Labute approximate surface area is 246 Å². The first kappa shape index (κ1) is 29.0. The Morgan fingerprint density at radius 2 is 1.52 bits per heavy atom. The van der Waals surface area contributed by atoms with Gasteiger partial charge >= 0.3 is 5.97 Å². The standard InChI is InChI=1S/C33H33N3O5S/c1-24(2)36(29-12-4-3-5-13-29)30-17-15-28(16-18-30)34-32(37)23-41-33(38)26-11-8-14-31(21-26)42(39,40)35-20-19-25-9-6-7-10-27(25)22-35/h3-18,21,24H,19-20,22-23H2,1-2H3,(H,34,37). The van der Waals surface area contributed by atoms with Gasteiger partial charge in [-0.05, 0) is 86.0 Å². The highest BCUT2D eigenvalue weighted by Gasteiger charge is 2.29. The molecule has 4 aromatic rings. The van der Waals surface area contributed by atoms with Crippen LogP contribution in [-0.4, -0.2) is 43.8 Å². The van der Waals surface area contributed by atoms with Gasteiger partial charge in [-0.3, -0.25) is 4.79 Å². The number of hydrogen-bond acceptors (Lipinski definition) is 6. The summed E-state index contributed by atoms with van der Waals surface area (Å²) in [6.07, 6.45) is 0.623. The zero-order valence-electron chi connectivity index (χ0n) is 23.6. The number of anilines is 3. The van der Waals surface area contributed by atoms with Crippen LogP contribution < -0.4 is 10.2 Å². The molecule has 0 saturated heterocycles. The van der Waals surface area contributed by atoms with Crippen LogP contribution in [0.4, 0.5) is 17.1 Å². The van der Waals surface area contributed by atoms with E-state index in [1.165, 1.54) is 28.6 Å². The van der Waals surface area contributed by atoms with Crippen molar-refractivity contribution in [3.63, 3.8) is 0 Å². The molecule has 0 bridgehead atoms. The molecule has 1 aliphatic heterocycles. The smallest absolute Gasteiger partial charge is 0.338 e. The van der Waals surface area contributed by atoms with Crippen LogP contribution in [0.1, 0.15) is 35.3 Å². The number of sulfonamides is 1. The quantitative estimate of drug-likeness (QED) is 0.251. The third-order valence-corrected chi connectivity index (χ3v) is 8.96. The lowest BCUT2D eigenvalue weighted by Gasteiger charge is -2.29. The summed E-state index contributed by atoms with van der Waals surface area (Å²) in [7, 11) is -3.82. The summed E-state index contributed by atoms with van der Waals surface area (Å²) in [4.78, 5) is 27.4. The van der Waals surface area contributed by atoms with Crippen LogP contribution in [0.25, 0.3) is 0 Å². The average Bonchev–Trinajstić information content (AvgIpc) is 3.01. The molecule has 9 heteroatoms. The molecule has 8 nitrogen and oxygen atoms in total. The maximum atomic E-state index is 13.3. The summed E-state index contributed by atoms with van der Waals surface area (Å²) in [5.41, 5.74) is 4.77. The van der Waals surface area contributed by atoms with Gasteiger partial charge in [-0.25, -0.2) is 13.2 Å². The van der Waals surface area contributed by atoms with Crippen LogP contribution >= 0.6 is 0 Å².